The maximum atomic E-state index is 10.4. The molecule has 2 aromatic carbocycles. The molecule has 21 heavy (non-hydrogen) atoms. The molecule has 2 unspecified atom stereocenters. The van der Waals surface area contributed by atoms with E-state index in [2.05, 4.69) is 59.1 Å². The van der Waals surface area contributed by atoms with Crippen molar-refractivity contribution in [2.45, 2.75) is 19.6 Å². The minimum Gasteiger partial charge on any atom is -0.388 e. The van der Waals surface area contributed by atoms with Crippen molar-refractivity contribution >= 4 is 15.9 Å². The van der Waals surface area contributed by atoms with Gasteiger partial charge in [0.05, 0.1) is 6.10 Å². The van der Waals surface area contributed by atoms with Crippen LogP contribution < -0.4 is 0 Å². The van der Waals surface area contributed by atoms with Gasteiger partial charge in [0, 0.05) is 17.6 Å². The van der Waals surface area contributed by atoms with E-state index in [1.165, 1.54) is 5.56 Å². The Morgan fingerprint density at radius 3 is 2.29 bits per heavy atom. The molecule has 0 fully saturated rings. The van der Waals surface area contributed by atoms with E-state index >= 15 is 0 Å². The third kappa shape index (κ3) is 4.95. The number of hydrogen-bond acceptors (Lipinski definition) is 2. The summed E-state index contributed by atoms with van der Waals surface area (Å²) in [7, 11) is 2.09. The summed E-state index contributed by atoms with van der Waals surface area (Å²) < 4.78 is 1.10. The van der Waals surface area contributed by atoms with Crippen LogP contribution in [-0.2, 0) is 6.54 Å². The van der Waals surface area contributed by atoms with Gasteiger partial charge in [-0.1, -0.05) is 65.3 Å². The highest BCUT2D eigenvalue weighted by atomic mass is 79.9. The van der Waals surface area contributed by atoms with Crippen molar-refractivity contribution in [2.24, 2.45) is 5.92 Å². The SMILES string of the molecule is CC(CN(C)Cc1ccc(Br)cc1)C(O)c1ccccc1. The second kappa shape index (κ2) is 7.74. The molecule has 0 saturated carbocycles. The summed E-state index contributed by atoms with van der Waals surface area (Å²) in [5.41, 5.74) is 2.27. The van der Waals surface area contributed by atoms with Gasteiger partial charge in [0.1, 0.15) is 0 Å². The zero-order chi connectivity index (χ0) is 15.2. The van der Waals surface area contributed by atoms with Crippen molar-refractivity contribution in [1.29, 1.82) is 0 Å². The summed E-state index contributed by atoms with van der Waals surface area (Å²) in [4.78, 5) is 2.25. The van der Waals surface area contributed by atoms with E-state index in [-0.39, 0.29) is 5.92 Å². The predicted octanol–water partition coefficient (Wildman–Crippen LogP) is 4.25. The number of nitrogens with zero attached hydrogens (tertiary/aromatic N) is 1. The van der Waals surface area contributed by atoms with Crippen molar-refractivity contribution in [3.05, 3.63) is 70.2 Å². The molecule has 2 aromatic rings. The van der Waals surface area contributed by atoms with Crippen LogP contribution in [0.3, 0.4) is 0 Å². The Bertz CT molecular complexity index is 541. The average molecular weight is 348 g/mol. The first-order chi connectivity index (χ1) is 10.1. The van der Waals surface area contributed by atoms with Crippen LogP contribution in [0.25, 0.3) is 0 Å². The fraction of sp³-hybridized carbons (Fsp3) is 0.333. The van der Waals surface area contributed by atoms with Crippen LogP contribution in [-0.4, -0.2) is 23.6 Å². The molecule has 2 nitrogen and oxygen atoms in total. The molecule has 0 aliphatic rings. The molecule has 0 saturated heterocycles. The van der Waals surface area contributed by atoms with Crippen LogP contribution in [0.15, 0.2) is 59.1 Å². The highest BCUT2D eigenvalue weighted by molar-refractivity contribution is 9.10. The van der Waals surface area contributed by atoms with Crippen molar-refractivity contribution in [3.8, 4) is 0 Å². The van der Waals surface area contributed by atoms with Gasteiger partial charge in [0.15, 0.2) is 0 Å². The molecule has 0 bridgehead atoms. The van der Waals surface area contributed by atoms with E-state index in [1.54, 1.807) is 0 Å². The first kappa shape index (κ1) is 16.2. The quantitative estimate of drug-likeness (QED) is 0.844. The Hall–Kier alpha value is -1.16. The first-order valence-corrected chi connectivity index (χ1v) is 8.01. The molecule has 2 rings (SSSR count). The van der Waals surface area contributed by atoms with Crippen LogP contribution in [0.5, 0.6) is 0 Å². The van der Waals surface area contributed by atoms with Gasteiger partial charge in [-0.15, -0.1) is 0 Å². The lowest BCUT2D eigenvalue weighted by atomic mass is 9.97. The van der Waals surface area contributed by atoms with Gasteiger partial charge in [0.2, 0.25) is 0 Å². The molecule has 0 spiro atoms. The fourth-order valence-electron chi connectivity index (χ4n) is 2.54. The molecule has 3 heteroatoms. The minimum absolute atomic E-state index is 0.188. The van der Waals surface area contributed by atoms with Crippen LogP contribution >= 0.6 is 15.9 Å². The van der Waals surface area contributed by atoms with Gasteiger partial charge < -0.3 is 10.0 Å². The van der Waals surface area contributed by atoms with E-state index < -0.39 is 6.10 Å². The number of benzene rings is 2. The fourth-order valence-corrected chi connectivity index (χ4v) is 2.80. The molecular weight excluding hydrogens is 326 g/mol. The van der Waals surface area contributed by atoms with Gasteiger partial charge in [-0.3, -0.25) is 0 Å². The van der Waals surface area contributed by atoms with E-state index in [1.807, 2.05) is 30.3 Å². The van der Waals surface area contributed by atoms with Crippen molar-refractivity contribution in [2.75, 3.05) is 13.6 Å². The zero-order valence-corrected chi connectivity index (χ0v) is 14.1. The number of halogens is 1. The summed E-state index contributed by atoms with van der Waals surface area (Å²) in [6.07, 6.45) is -0.418. The lowest BCUT2D eigenvalue weighted by molar-refractivity contribution is 0.0933. The van der Waals surface area contributed by atoms with Crippen molar-refractivity contribution in [3.63, 3.8) is 0 Å². The number of hydrogen-bond donors (Lipinski definition) is 1. The molecular formula is C18H22BrNO. The summed E-state index contributed by atoms with van der Waals surface area (Å²) in [5, 5.41) is 10.4. The Morgan fingerprint density at radius 2 is 1.67 bits per heavy atom. The standard InChI is InChI=1S/C18H22BrNO/c1-14(18(21)16-6-4-3-5-7-16)12-20(2)13-15-8-10-17(19)11-9-15/h3-11,14,18,21H,12-13H2,1-2H3. The normalized spacial score (nSPS) is 14.1. The molecule has 2 atom stereocenters. The smallest absolute Gasteiger partial charge is 0.0827 e. The third-order valence-corrected chi connectivity index (χ3v) is 4.17. The summed E-state index contributed by atoms with van der Waals surface area (Å²) in [6.45, 7) is 3.83. The lowest BCUT2D eigenvalue weighted by Gasteiger charge is -2.25. The topological polar surface area (TPSA) is 23.5 Å². The van der Waals surface area contributed by atoms with Gasteiger partial charge in [-0.05, 0) is 36.2 Å². The van der Waals surface area contributed by atoms with Crippen LogP contribution in [0, 0.1) is 5.92 Å². The van der Waals surface area contributed by atoms with Gasteiger partial charge >= 0.3 is 0 Å². The highest BCUT2D eigenvalue weighted by Crippen LogP contribution is 2.22. The second-order valence-electron chi connectivity index (χ2n) is 5.66. The summed E-state index contributed by atoms with van der Waals surface area (Å²) in [5.74, 6) is 0.188. The third-order valence-electron chi connectivity index (χ3n) is 3.65. The van der Waals surface area contributed by atoms with Crippen LogP contribution in [0.1, 0.15) is 24.2 Å². The molecule has 0 aliphatic carbocycles. The zero-order valence-electron chi connectivity index (χ0n) is 12.5. The average Bonchev–Trinajstić information content (AvgIpc) is 2.49. The van der Waals surface area contributed by atoms with E-state index in [9.17, 15) is 5.11 Å². The first-order valence-electron chi connectivity index (χ1n) is 7.22. The Kier molecular flexibility index (Phi) is 5.97. The molecule has 0 heterocycles. The van der Waals surface area contributed by atoms with Crippen molar-refractivity contribution < 1.29 is 5.11 Å². The van der Waals surface area contributed by atoms with Crippen LogP contribution in [0.4, 0.5) is 0 Å². The monoisotopic (exact) mass is 347 g/mol. The van der Waals surface area contributed by atoms with Gasteiger partial charge in [-0.25, -0.2) is 0 Å². The highest BCUT2D eigenvalue weighted by Gasteiger charge is 2.17. The number of rotatable bonds is 6. The maximum Gasteiger partial charge on any atom is 0.0827 e. The second-order valence-corrected chi connectivity index (χ2v) is 6.57. The number of aliphatic hydroxyl groups is 1. The largest absolute Gasteiger partial charge is 0.388 e. The molecule has 1 N–H and O–H groups in total. The Labute approximate surface area is 135 Å². The van der Waals surface area contributed by atoms with E-state index in [4.69, 9.17) is 0 Å². The van der Waals surface area contributed by atoms with Gasteiger partial charge in [0.25, 0.3) is 0 Å². The minimum atomic E-state index is -0.418. The number of aliphatic hydroxyl groups excluding tert-OH is 1. The van der Waals surface area contributed by atoms with E-state index in [0.717, 1.165) is 23.1 Å². The molecule has 0 aliphatic heterocycles. The Balaban J connectivity index is 1.89. The summed E-state index contributed by atoms with van der Waals surface area (Å²) >= 11 is 3.45. The molecule has 0 amide bonds. The molecule has 0 aromatic heterocycles. The lowest BCUT2D eigenvalue weighted by Crippen LogP contribution is -2.27. The predicted molar refractivity (Wildman–Crippen MR) is 91.0 cm³/mol. The van der Waals surface area contributed by atoms with Crippen molar-refractivity contribution in [1.82, 2.24) is 4.90 Å². The maximum absolute atomic E-state index is 10.4. The van der Waals surface area contributed by atoms with E-state index in [0.29, 0.717) is 0 Å². The van der Waals surface area contributed by atoms with Crippen LogP contribution in [0.2, 0.25) is 0 Å². The summed E-state index contributed by atoms with van der Waals surface area (Å²) in [6, 6.07) is 18.2. The molecule has 112 valence electrons. The van der Waals surface area contributed by atoms with Gasteiger partial charge in [-0.2, -0.15) is 0 Å². The molecule has 0 radical (unpaired) electrons. The Morgan fingerprint density at radius 1 is 1.05 bits per heavy atom.